The standard InChI is InChI=1S/C8H12O2/c9-7-1-5-2-8(10)4-6(5)3-7/h5-7,9H,1-4H2/t5-,6-/m0/s1. The number of hydrogen-bond acceptors (Lipinski definition) is 2. The van der Waals surface area contributed by atoms with E-state index >= 15 is 0 Å². The first kappa shape index (κ1) is 6.35. The largest absolute Gasteiger partial charge is 0.393 e. The van der Waals surface area contributed by atoms with Crippen LogP contribution in [0, 0.1) is 11.8 Å². The predicted molar refractivity (Wildman–Crippen MR) is 36.5 cm³/mol. The molecule has 2 atom stereocenters. The van der Waals surface area contributed by atoms with Crippen molar-refractivity contribution >= 4 is 5.78 Å². The van der Waals surface area contributed by atoms with Crippen LogP contribution in [0.5, 0.6) is 0 Å². The molecular formula is C8H12O2. The van der Waals surface area contributed by atoms with Crippen molar-refractivity contribution in [1.82, 2.24) is 0 Å². The number of hydrogen-bond donors (Lipinski definition) is 1. The second-order valence-electron chi connectivity index (χ2n) is 3.59. The second-order valence-corrected chi connectivity index (χ2v) is 3.59. The van der Waals surface area contributed by atoms with E-state index in [1.54, 1.807) is 0 Å². The fourth-order valence-corrected chi connectivity index (χ4v) is 2.35. The van der Waals surface area contributed by atoms with Crippen LogP contribution in [0.25, 0.3) is 0 Å². The number of fused-ring (bicyclic) bond motifs is 1. The van der Waals surface area contributed by atoms with Crippen LogP contribution in [-0.2, 0) is 4.79 Å². The van der Waals surface area contributed by atoms with E-state index in [9.17, 15) is 9.90 Å². The van der Waals surface area contributed by atoms with Crippen molar-refractivity contribution in [1.29, 1.82) is 0 Å². The van der Waals surface area contributed by atoms with Crippen molar-refractivity contribution < 1.29 is 9.90 Å². The molecule has 0 unspecified atom stereocenters. The second kappa shape index (κ2) is 2.06. The first-order valence-electron chi connectivity index (χ1n) is 3.95. The van der Waals surface area contributed by atoms with Gasteiger partial charge in [-0.3, -0.25) is 4.79 Å². The summed E-state index contributed by atoms with van der Waals surface area (Å²) in [5.41, 5.74) is 0. The van der Waals surface area contributed by atoms with Crippen LogP contribution in [-0.4, -0.2) is 17.0 Å². The smallest absolute Gasteiger partial charge is 0.133 e. The highest BCUT2D eigenvalue weighted by Gasteiger charge is 2.40. The van der Waals surface area contributed by atoms with E-state index in [1.807, 2.05) is 0 Å². The van der Waals surface area contributed by atoms with E-state index in [-0.39, 0.29) is 6.10 Å². The molecule has 0 aromatic heterocycles. The van der Waals surface area contributed by atoms with Crippen molar-refractivity contribution in [2.75, 3.05) is 0 Å². The molecular weight excluding hydrogens is 128 g/mol. The van der Waals surface area contributed by atoms with E-state index < -0.39 is 0 Å². The van der Waals surface area contributed by atoms with E-state index in [1.165, 1.54) is 0 Å². The minimum Gasteiger partial charge on any atom is -0.393 e. The normalized spacial score (nSPS) is 40.7. The number of carbonyl (C=O) groups excluding carboxylic acids is 1. The summed E-state index contributed by atoms with van der Waals surface area (Å²) in [5, 5.41) is 9.21. The lowest BCUT2D eigenvalue weighted by Gasteiger charge is -2.02. The zero-order valence-electron chi connectivity index (χ0n) is 5.92. The van der Waals surface area contributed by atoms with Gasteiger partial charge in [-0.25, -0.2) is 0 Å². The average Bonchev–Trinajstić information content (AvgIpc) is 2.21. The first-order valence-corrected chi connectivity index (χ1v) is 3.95. The Morgan fingerprint density at radius 3 is 2.20 bits per heavy atom. The fourth-order valence-electron chi connectivity index (χ4n) is 2.35. The van der Waals surface area contributed by atoms with Crippen LogP contribution in [0.15, 0.2) is 0 Å². The van der Waals surface area contributed by atoms with Crippen LogP contribution >= 0.6 is 0 Å². The lowest BCUT2D eigenvalue weighted by molar-refractivity contribution is -0.118. The van der Waals surface area contributed by atoms with E-state index in [0.29, 0.717) is 17.6 Å². The molecule has 56 valence electrons. The SMILES string of the molecule is O=C1C[C@@H]2CC(O)C[C@H]2C1. The molecule has 2 saturated carbocycles. The van der Waals surface area contributed by atoms with Gasteiger partial charge in [0.25, 0.3) is 0 Å². The van der Waals surface area contributed by atoms with Gasteiger partial charge in [0.15, 0.2) is 0 Å². The van der Waals surface area contributed by atoms with Gasteiger partial charge >= 0.3 is 0 Å². The number of rotatable bonds is 0. The molecule has 0 spiro atoms. The Labute approximate surface area is 60.2 Å². The molecule has 0 saturated heterocycles. The van der Waals surface area contributed by atoms with Gasteiger partial charge in [0.2, 0.25) is 0 Å². The molecule has 0 radical (unpaired) electrons. The number of carbonyl (C=O) groups is 1. The summed E-state index contributed by atoms with van der Waals surface area (Å²) in [7, 11) is 0. The molecule has 0 bridgehead atoms. The third-order valence-corrected chi connectivity index (χ3v) is 2.80. The highest BCUT2D eigenvalue weighted by atomic mass is 16.3. The number of aliphatic hydroxyl groups is 1. The number of Topliss-reactive ketones (excluding diaryl/α,β-unsaturated/α-hetero) is 1. The lowest BCUT2D eigenvalue weighted by atomic mass is 10.0. The zero-order chi connectivity index (χ0) is 7.14. The summed E-state index contributed by atoms with van der Waals surface area (Å²) < 4.78 is 0. The Kier molecular flexibility index (Phi) is 1.31. The summed E-state index contributed by atoms with van der Waals surface area (Å²) in [5.74, 6) is 1.46. The molecule has 0 aliphatic heterocycles. The fraction of sp³-hybridized carbons (Fsp3) is 0.875. The van der Waals surface area contributed by atoms with Gasteiger partial charge in [-0.05, 0) is 24.7 Å². The lowest BCUT2D eigenvalue weighted by Crippen LogP contribution is -2.02. The minimum atomic E-state index is -0.108. The maximum atomic E-state index is 10.9. The molecule has 1 N–H and O–H groups in total. The Morgan fingerprint density at radius 1 is 1.20 bits per heavy atom. The van der Waals surface area contributed by atoms with Gasteiger partial charge in [-0.1, -0.05) is 0 Å². The third-order valence-electron chi connectivity index (χ3n) is 2.80. The van der Waals surface area contributed by atoms with Crippen LogP contribution < -0.4 is 0 Å². The van der Waals surface area contributed by atoms with Crippen LogP contribution in [0.3, 0.4) is 0 Å². The van der Waals surface area contributed by atoms with E-state index in [2.05, 4.69) is 0 Å². The summed E-state index contributed by atoms with van der Waals surface area (Å²) in [6, 6.07) is 0. The van der Waals surface area contributed by atoms with Gasteiger partial charge in [0.1, 0.15) is 5.78 Å². The monoisotopic (exact) mass is 140 g/mol. The summed E-state index contributed by atoms with van der Waals surface area (Å²) in [6.07, 6.45) is 3.11. The first-order chi connectivity index (χ1) is 4.75. The van der Waals surface area contributed by atoms with Crippen LogP contribution in [0.1, 0.15) is 25.7 Å². The maximum absolute atomic E-state index is 10.9. The van der Waals surface area contributed by atoms with E-state index in [4.69, 9.17) is 0 Å². The summed E-state index contributed by atoms with van der Waals surface area (Å²) >= 11 is 0. The molecule has 10 heavy (non-hydrogen) atoms. The Balaban J connectivity index is 2.06. The zero-order valence-corrected chi connectivity index (χ0v) is 5.92. The van der Waals surface area contributed by atoms with Gasteiger partial charge in [-0.15, -0.1) is 0 Å². The van der Waals surface area contributed by atoms with Crippen molar-refractivity contribution in [3.05, 3.63) is 0 Å². The summed E-state index contributed by atoms with van der Waals surface area (Å²) in [6.45, 7) is 0. The Hall–Kier alpha value is -0.370. The average molecular weight is 140 g/mol. The highest BCUT2D eigenvalue weighted by molar-refractivity contribution is 5.81. The quantitative estimate of drug-likeness (QED) is 0.538. The molecule has 0 heterocycles. The van der Waals surface area contributed by atoms with Crippen molar-refractivity contribution in [2.45, 2.75) is 31.8 Å². The van der Waals surface area contributed by atoms with Gasteiger partial charge < -0.3 is 5.11 Å². The van der Waals surface area contributed by atoms with Gasteiger partial charge in [-0.2, -0.15) is 0 Å². The Bertz CT molecular complexity index is 149. The minimum absolute atomic E-state index is 0.108. The molecule has 2 heteroatoms. The highest BCUT2D eigenvalue weighted by Crippen LogP contribution is 2.42. The van der Waals surface area contributed by atoms with Gasteiger partial charge in [0, 0.05) is 12.8 Å². The molecule has 0 aromatic rings. The molecule has 2 fully saturated rings. The molecule has 2 nitrogen and oxygen atoms in total. The Morgan fingerprint density at radius 2 is 1.70 bits per heavy atom. The number of aliphatic hydroxyl groups excluding tert-OH is 1. The van der Waals surface area contributed by atoms with Crippen molar-refractivity contribution in [2.24, 2.45) is 11.8 Å². The number of ketones is 1. The van der Waals surface area contributed by atoms with Crippen LogP contribution in [0.4, 0.5) is 0 Å². The third kappa shape index (κ3) is 0.870. The topological polar surface area (TPSA) is 37.3 Å². The maximum Gasteiger partial charge on any atom is 0.133 e. The molecule has 2 aliphatic rings. The van der Waals surface area contributed by atoms with E-state index in [0.717, 1.165) is 25.7 Å². The summed E-state index contributed by atoms with van der Waals surface area (Å²) in [4.78, 5) is 10.9. The van der Waals surface area contributed by atoms with Crippen molar-refractivity contribution in [3.63, 3.8) is 0 Å². The van der Waals surface area contributed by atoms with Crippen LogP contribution in [0.2, 0.25) is 0 Å². The molecule has 2 rings (SSSR count). The molecule has 0 amide bonds. The predicted octanol–water partition coefficient (Wildman–Crippen LogP) is 0.736. The molecule has 2 aliphatic carbocycles. The molecule has 0 aromatic carbocycles. The van der Waals surface area contributed by atoms with Crippen molar-refractivity contribution in [3.8, 4) is 0 Å². The van der Waals surface area contributed by atoms with Gasteiger partial charge in [0.05, 0.1) is 6.10 Å².